The van der Waals surface area contributed by atoms with E-state index >= 15 is 0 Å². The molecule has 2 aromatic rings. The molecule has 1 atom stereocenters. The fourth-order valence-electron chi connectivity index (χ4n) is 3.86. The molecule has 1 aliphatic carbocycles. The van der Waals surface area contributed by atoms with Crippen LogP contribution >= 0.6 is 11.8 Å². The van der Waals surface area contributed by atoms with E-state index in [1.807, 2.05) is 39.0 Å². The van der Waals surface area contributed by atoms with Crippen molar-refractivity contribution >= 4 is 23.5 Å². The lowest BCUT2D eigenvalue weighted by molar-refractivity contribution is -0.123. The van der Waals surface area contributed by atoms with E-state index < -0.39 is 12.7 Å². The Morgan fingerprint density at radius 3 is 2.73 bits per heavy atom. The second kappa shape index (κ2) is 10.6. The number of nitrogens with one attached hydrogen (secondary N) is 1. The number of hydrogen-bond acceptors (Lipinski definition) is 7. The molecule has 0 unspecified atom stereocenters. The van der Waals surface area contributed by atoms with Crippen LogP contribution in [0.15, 0.2) is 18.3 Å². The summed E-state index contributed by atoms with van der Waals surface area (Å²) in [7, 11) is 1.88. The summed E-state index contributed by atoms with van der Waals surface area (Å²) in [6.07, 6.45) is 6.63. The Labute approximate surface area is 197 Å². The number of alkyl halides is 2. The third kappa shape index (κ3) is 6.52. The van der Waals surface area contributed by atoms with Crippen LogP contribution in [0, 0.1) is 0 Å². The molecule has 0 aromatic carbocycles. The van der Waals surface area contributed by atoms with Gasteiger partial charge in [0.15, 0.2) is 5.82 Å². The highest BCUT2D eigenvalue weighted by Crippen LogP contribution is 2.32. The van der Waals surface area contributed by atoms with Gasteiger partial charge in [0, 0.05) is 36.1 Å². The number of ether oxygens (including phenoxy) is 1. The number of aromatic nitrogens is 3. The van der Waals surface area contributed by atoms with E-state index in [1.54, 1.807) is 11.8 Å². The molecule has 0 bridgehead atoms. The Kier molecular flexibility index (Phi) is 8.10. The molecular formula is C23H31F2N5O2S. The normalized spacial score (nSPS) is 14.2. The second-order valence-corrected chi connectivity index (χ2v) is 10.0. The van der Waals surface area contributed by atoms with Gasteiger partial charge in [-0.2, -0.15) is 20.5 Å². The molecule has 0 fully saturated rings. The third-order valence-electron chi connectivity index (χ3n) is 5.29. The molecule has 0 radical (unpaired) electrons. The first-order chi connectivity index (χ1) is 15.6. The maximum atomic E-state index is 13.2. The highest BCUT2D eigenvalue weighted by atomic mass is 32.2. The summed E-state index contributed by atoms with van der Waals surface area (Å²) in [5.41, 5.74) is 1.92. The van der Waals surface area contributed by atoms with Crippen LogP contribution in [-0.4, -0.2) is 58.1 Å². The van der Waals surface area contributed by atoms with Gasteiger partial charge in [0.25, 0.3) is 0 Å². The number of rotatable bonds is 9. The van der Waals surface area contributed by atoms with Crippen LogP contribution in [0.4, 0.5) is 14.6 Å². The number of pyridine rings is 1. The van der Waals surface area contributed by atoms with E-state index in [2.05, 4.69) is 20.0 Å². The molecule has 0 saturated carbocycles. The van der Waals surface area contributed by atoms with Crippen molar-refractivity contribution in [2.24, 2.45) is 0 Å². The number of likely N-dealkylation sites (N-methyl/N-ethyl adjacent to an activating group) is 1. The summed E-state index contributed by atoms with van der Waals surface area (Å²) in [6, 6.07) is 2.36. The van der Waals surface area contributed by atoms with Crippen LogP contribution in [0.2, 0.25) is 0 Å². The Morgan fingerprint density at radius 1 is 1.30 bits per heavy atom. The number of hydrogen-bond donors (Lipinski definition) is 1. The second-order valence-electron chi connectivity index (χ2n) is 9.05. The van der Waals surface area contributed by atoms with Gasteiger partial charge < -0.3 is 15.0 Å². The first-order valence-electron chi connectivity index (χ1n) is 10.9. The quantitative estimate of drug-likeness (QED) is 0.580. The van der Waals surface area contributed by atoms with E-state index in [0.29, 0.717) is 23.8 Å². The SMILES string of the molecule is CSCC[C@H](C(=O)NC(C)(C)C)N(C)c1nc(-c2cc(OC(F)F)ccn2)nc2c1CCC2. The van der Waals surface area contributed by atoms with Crippen molar-refractivity contribution in [1.82, 2.24) is 20.3 Å². The Morgan fingerprint density at radius 2 is 2.06 bits per heavy atom. The zero-order valence-electron chi connectivity index (χ0n) is 19.7. The van der Waals surface area contributed by atoms with Crippen LogP contribution in [0.3, 0.4) is 0 Å². The third-order valence-corrected chi connectivity index (χ3v) is 5.94. The largest absolute Gasteiger partial charge is 0.435 e. The molecule has 10 heteroatoms. The number of carbonyl (C=O) groups excluding carboxylic acids is 1. The summed E-state index contributed by atoms with van der Waals surface area (Å²) < 4.78 is 29.8. The maximum absolute atomic E-state index is 13.2. The number of aryl methyl sites for hydroxylation is 1. The first kappa shape index (κ1) is 25.1. The van der Waals surface area contributed by atoms with Crippen molar-refractivity contribution < 1.29 is 18.3 Å². The van der Waals surface area contributed by atoms with Gasteiger partial charge in [0.05, 0.1) is 0 Å². The van der Waals surface area contributed by atoms with Gasteiger partial charge in [-0.05, 0) is 64.5 Å². The van der Waals surface area contributed by atoms with E-state index in [-0.39, 0.29) is 17.2 Å². The number of halogens is 2. The van der Waals surface area contributed by atoms with E-state index in [4.69, 9.17) is 4.98 Å². The maximum Gasteiger partial charge on any atom is 0.387 e. The number of thioether (sulfide) groups is 1. The van der Waals surface area contributed by atoms with Crippen molar-refractivity contribution in [3.05, 3.63) is 29.6 Å². The summed E-state index contributed by atoms with van der Waals surface area (Å²) in [5.74, 6) is 1.77. The minimum Gasteiger partial charge on any atom is -0.435 e. The summed E-state index contributed by atoms with van der Waals surface area (Å²) in [4.78, 5) is 28.8. The molecule has 2 aromatic heterocycles. The van der Waals surface area contributed by atoms with Gasteiger partial charge in [0.2, 0.25) is 5.91 Å². The van der Waals surface area contributed by atoms with E-state index in [0.717, 1.165) is 36.3 Å². The molecule has 2 heterocycles. The number of amides is 1. The lowest BCUT2D eigenvalue weighted by Gasteiger charge is -2.32. The highest BCUT2D eigenvalue weighted by molar-refractivity contribution is 7.98. The van der Waals surface area contributed by atoms with Crippen LogP contribution in [0.5, 0.6) is 5.75 Å². The Bertz CT molecular complexity index is 984. The minimum absolute atomic E-state index is 0.00333. The van der Waals surface area contributed by atoms with Crippen molar-refractivity contribution in [2.75, 3.05) is 24.0 Å². The summed E-state index contributed by atoms with van der Waals surface area (Å²) in [6.45, 7) is 2.94. The number of nitrogens with zero attached hydrogens (tertiary/aromatic N) is 4. The van der Waals surface area contributed by atoms with Gasteiger partial charge in [-0.1, -0.05) is 0 Å². The van der Waals surface area contributed by atoms with Gasteiger partial charge >= 0.3 is 6.61 Å². The molecule has 0 spiro atoms. The summed E-state index contributed by atoms with van der Waals surface area (Å²) in [5, 5.41) is 3.09. The fraction of sp³-hybridized carbons (Fsp3) is 0.565. The molecule has 33 heavy (non-hydrogen) atoms. The molecule has 1 aliphatic rings. The number of carbonyl (C=O) groups is 1. The zero-order valence-corrected chi connectivity index (χ0v) is 20.5. The van der Waals surface area contributed by atoms with Gasteiger partial charge in [-0.25, -0.2) is 9.97 Å². The molecule has 3 rings (SSSR count). The highest BCUT2D eigenvalue weighted by Gasteiger charge is 2.31. The molecule has 1 amide bonds. The number of anilines is 1. The van der Waals surface area contributed by atoms with Gasteiger partial charge in [-0.3, -0.25) is 9.78 Å². The monoisotopic (exact) mass is 479 g/mol. The van der Waals surface area contributed by atoms with Crippen molar-refractivity contribution in [2.45, 2.75) is 64.6 Å². The van der Waals surface area contributed by atoms with Crippen LogP contribution in [0.25, 0.3) is 11.5 Å². The van der Waals surface area contributed by atoms with Crippen LogP contribution < -0.4 is 15.0 Å². The minimum atomic E-state index is -2.93. The van der Waals surface area contributed by atoms with Crippen molar-refractivity contribution in [3.63, 3.8) is 0 Å². The lowest BCUT2D eigenvalue weighted by atomic mass is 10.1. The average molecular weight is 480 g/mol. The van der Waals surface area contributed by atoms with Crippen LogP contribution in [0.1, 0.15) is 44.9 Å². The topological polar surface area (TPSA) is 80.2 Å². The Hall–Kier alpha value is -2.49. The van der Waals surface area contributed by atoms with E-state index in [9.17, 15) is 13.6 Å². The lowest BCUT2D eigenvalue weighted by Crippen LogP contribution is -2.52. The number of fused-ring (bicyclic) bond motifs is 1. The molecule has 7 nitrogen and oxygen atoms in total. The smallest absolute Gasteiger partial charge is 0.387 e. The molecule has 0 aliphatic heterocycles. The molecular weight excluding hydrogens is 448 g/mol. The van der Waals surface area contributed by atoms with E-state index in [1.165, 1.54) is 18.3 Å². The van der Waals surface area contributed by atoms with Gasteiger partial charge in [0.1, 0.15) is 23.3 Å². The van der Waals surface area contributed by atoms with Crippen molar-refractivity contribution in [3.8, 4) is 17.3 Å². The molecule has 180 valence electrons. The van der Waals surface area contributed by atoms with Crippen molar-refractivity contribution in [1.29, 1.82) is 0 Å². The predicted octanol–water partition coefficient (Wildman–Crippen LogP) is 4.10. The predicted molar refractivity (Wildman–Crippen MR) is 127 cm³/mol. The summed E-state index contributed by atoms with van der Waals surface area (Å²) >= 11 is 1.69. The Balaban J connectivity index is 2.01. The average Bonchev–Trinajstić information content (AvgIpc) is 3.20. The molecule has 0 saturated heterocycles. The molecule has 1 N–H and O–H groups in total. The standard InChI is InChI=1S/C23H31F2N5O2S/c1-23(2,3)29-21(31)18(10-12-33-5)30(4)20-15-7-6-8-16(15)27-19(28-20)17-13-14(9-11-26-17)32-22(24)25/h9,11,13,18,22H,6-8,10,12H2,1-5H3,(H,29,31)/t18-/m1/s1. The zero-order chi connectivity index (χ0) is 24.2. The first-order valence-corrected chi connectivity index (χ1v) is 12.3. The van der Waals surface area contributed by atoms with Gasteiger partial charge in [-0.15, -0.1) is 0 Å². The fourth-order valence-corrected chi connectivity index (χ4v) is 4.32. The van der Waals surface area contributed by atoms with Crippen LogP contribution in [-0.2, 0) is 17.6 Å².